The van der Waals surface area contributed by atoms with Crippen LogP contribution >= 0.6 is 0 Å². The SMILES string of the molecule is CCOC(=O)COc1nc(-c2ccc(OC)cc2)cc(-c2ccc(OC)cc2)c1C#N. The second-order valence-electron chi connectivity index (χ2n) is 6.40. The summed E-state index contributed by atoms with van der Waals surface area (Å²) < 4.78 is 21.0. The highest BCUT2D eigenvalue weighted by molar-refractivity contribution is 5.78. The molecule has 0 unspecified atom stereocenters. The monoisotopic (exact) mass is 418 g/mol. The van der Waals surface area contributed by atoms with Gasteiger partial charge in [0.25, 0.3) is 0 Å². The molecule has 0 spiro atoms. The molecule has 3 rings (SSSR count). The summed E-state index contributed by atoms with van der Waals surface area (Å²) in [5.74, 6) is 0.945. The van der Waals surface area contributed by atoms with Crippen molar-refractivity contribution in [3.63, 3.8) is 0 Å². The van der Waals surface area contributed by atoms with Gasteiger partial charge in [0, 0.05) is 11.1 Å². The van der Waals surface area contributed by atoms with E-state index in [4.69, 9.17) is 18.9 Å². The Balaban J connectivity index is 2.10. The van der Waals surface area contributed by atoms with Crippen LogP contribution < -0.4 is 14.2 Å². The van der Waals surface area contributed by atoms with Crippen LogP contribution in [0.2, 0.25) is 0 Å². The Kier molecular flexibility index (Phi) is 7.07. The van der Waals surface area contributed by atoms with Crippen LogP contribution in [0.3, 0.4) is 0 Å². The summed E-state index contributed by atoms with van der Waals surface area (Å²) >= 11 is 0. The van der Waals surface area contributed by atoms with Crippen LogP contribution in [0.5, 0.6) is 17.4 Å². The van der Waals surface area contributed by atoms with E-state index in [2.05, 4.69) is 11.1 Å². The Bertz CT molecular complexity index is 1090. The molecule has 2 aromatic carbocycles. The fraction of sp³-hybridized carbons (Fsp3) is 0.208. The maximum Gasteiger partial charge on any atom is 0.344 e. The highest BCUT2D eigenvalue weighted by Crippen LogP contribution is 2.34. The summed E-state index contributed by atoms with van der Waals surface area (Å²) in [7, 11) is 3.18. The molecule has 0 atom stereocenters. The highest BCUT2D eigenvalue weighted by atomic mass is 16.6. The number of benzene rings is 2. The maximum absolute atomic E-state index is 11.8. The molecular formula is C24H22N2O5. The summed E-state index contributed by atoms with van der Waals surface area (Å²) in [6, 6.07) is 18.7. The first-order chi connectivity index (χ1) is 15.1. The zero-order chi connectivity index (χ0) is 22.2. The Morgan fingerprint density at radius 3 is 2.06 bits per heavy atom. The third-order valence-corrected chi connectivity index (χ3v) is 4.52. The van der Waals surface area contributed by atoms with E-state index in [-0.39, 0.29) is 24.7 Å². The van der Waals surface area contributed by atoms with E-state index in [9.17, 15) is 10.1 Å². The number of pyridine rings is 1. The van der Waals surface area contributed by atoms with Crippen LogP contribution in [0.15, 0.2) is 54.6 Å². The largest absolute Gasteiger partial charge is 0.497 e. The van der Waals surface area contributed by atoms with E-state index in [0.29, 0.717) is 22.8 Å². The van der Waals surface area contributed by atoms with E-state index >= 15 is 0 Å². The predicted octanol–water partition coefficient (Wildman–Crippen LogP) is 4.25. The van der Waals surface area contributed by atoms with Crippen molar-refractivity contribution in [2.45, 2.75) is 6.92 Å². The fourth-order valence-corrected chi connectivity index (χ4v) is 2.97. The molecule has 0 fully saturated rings. The van der Waals surface area contributed by atoms with Gasteiger partial charge in [-0.25, -0.2) is 9.78 Å². The van der Waals surface area contributed by atoms with E-state index in [1.54, 1.807) is 21.1 Å². The lowest BCUT2D eigenvalue weighted by atomic mass is 9.98. The van der Waals surface area contributed by atoms with E-state index in [1.165, 1.54) is 0 Å². The summed E-state index contributed by atoms with van der Waals surface area (Å²) in [5.41, 5.74) is 3.04. The number of hydrogen-bond acceptors (Lipinski definition) is 7. The van der Waals surface area contributed by atoms with Crippen LogP contribution in [0.25, 0.3) is 22.4 Å². The molecule has 0 aliphatic carbocycles. The van der Waals surface area contributed by atoms with Crippen molar-refractivity contribution in [1.29, 1.82) is 5.26 Å². The van der Waals surface area contributed by atoms with Gasteiger partial charge in [0.15, 0.2) is 6.61 Å². The van der Waals surface area contributed by atoms with Crippen LogP contribution in [-0.4, -0.2) is 38.4 Å². The quantitative estimate of drug-likeness (QED) is 0.505. The number of carbonyl (C=O) groups is 1. The summed E-state index contributed by atoms with van der Waals surface area (Å²) in [6.45, 7) is 1.61. The van der Waals surface area contributed by atoms with Crippen molar-refractivity contribution < 1.29 is 23.7 Å². The van der Waals surface area contributed by atoms with Crippen molar-refractivity contribution in [2.24, 2.45) is 0 Å². The van der Waals surface area contributed by atoms with Gasteiger partial charge in [-0.3, -0.25) is 0 Å². The zero-order valence-electron chi connectivity index (χ0n) is 17.5. The van der Waals surface area contributed by atoms with Crippen molar-refractivity contribution in [2.75, 3.05) is 27.4 Å². The number of nitriles is 1. The normalized spacial score (nSPS) is 10.1. The molecular weight excluding hydrogens is 396 g/mol. The molecule has 0 saturated carbocycles. The number of ether oxygens (including phenoxy) is 4. The van der Waals surface area contributed by atoms with Crippen LogP contribution in [0.4, 0.5) is 0 Å². The van der Waals surface area contributed by atoms with Gasteiger partial charge in [-0.05, 0) is 55.0 Å². The van der Waals surface area contributed by atoms with Crippen molar-refractivity contribution >= 4 is 5.97 Å². The van der Waals surface area contributed by atoms with E-state index in [0.717, 1.165) is 11.1 Å². The highest BCUT2D eigenvalue weighted by Gasteiger charge is 2.18. The van der Waals surface area contributed by atoms with Crippen LogP contribution in [0, 0.1) is 11.3 Å². The number of carbonyl (C=O) groups excluding carboxylic acids is 1. The lowest BCUT2D eigenvalue weighted by molar-refractivity contribution is -0.145. The van der Waals surface area contributed by atoms with Crippen LogP contribution in [0.1, 0.15) is 12.5 Å². The molecule has 1 aromatic heterocycles. The maximum atomic E-state index is 11.8. The Morgan fingerprint density at radius 2 is 1.55 bits per heavy atom. The number of esters is 1. The minimum Gasteiger partial charge on any atom is -0.497 e. The molecule has 1 heterocycles. The van der Waals surface area contributed by atoms with Gasteiger partial charge in [-0.15, -0.1) is 0 Å². The molecule has 0 aliphatic heterocycles. The smallest absolute Gasteiger partial charge is 0.344 e. The minimum absolute atomic E-state index is 0.0645. The van der Waals surface area contributed by atoms with Gasteiger partial charge >= 0.3 is 5.97 Å². The lowest BCUT2D eigenvalue weighted by Gasteiger charge is -2.14. The molecule has 0 bridgehead atoms. The Labute approximate surface area is 180 Å². The molecule has 31 heavy (non-hydrogen) atoms. The average Bonchev–Trinajstić information content (AvgIpc) is 2.82. The number of nitrogens with zero attached hydrogens (tertiary/aromatic N) is 2. The summed E-state index contributed by atoms with van der Waals surface area (Å²) in [4.78, 5) is 16.3. The molecule has 3 aromatic rings. The zero-order valence-corrected chi connectivity index (χ0v) is 17.5. The van der Waals surface area contributed by atoms with Gasteiger partial charge in [0.1, 0.15) is 23.1 Å². The standard InChI is InChI=1S/C24H22N2O5/c1-4-30-23(27)15-31-24-21(14-25)20(16-5-9-18(28-2)10-6-16)13-22(26-24)17-7-11-19(29-3)12-8-17/h5-13H,4,15H2,1-3H3. The van der Waals surface area contributed by atoms with E-state index < -0.39 is 5.97 Å². The Hall–Kier alpha value is -4.05. The number of methoxy groups -OCH3 is 2. The number of hydrogen-bond donors (Lipinski definition) is 0. The van der Waals surface area contributed by atoms with Gasteiger partial charge in [0.2, 0.25) is 5.88 Å². The molecule has 7 heteroatoms. The predicted molar refractivity (Wildman–Crippen MR) is 115 cm³/mol. The average molecular weight is 418 g/mol. The first-order valence-corrected chi connectivity index (χ1v) is 9.62. The molecule has 0 N–H and O–H groups in total. The first-order valence-electron chi connectivity index (χ1n) is 9.62. The first kappa shape index (κ1) is 21.7. The molecule has 0 amide bonds. The molecule has 0 radical (unpaired) electrons. The second kappa shape index (κ2) is 10.1. The topological polar surface area (TPSA) is 90.7 Å². The minimum atomic E-state index is -0.533. The van der Waals surface area contributed by atoms with Gasteiger partial charge in [-0.1, -0.05) is 12.1 Å². The molecule has 0 saturated heterocycles. The third kappa shape index (κ3) is 5.11. The summed E-state index contributed by atoms with van der Waals surface area (Å²) in [6.07, 6.45) is 0. The van der Waals surface area contributed by atoms with Crippen LogP contribution in [-0.2, 0) is 9.53 Å². The number of aromatic nitrogens is 1. The molecule has 0 aliphatic rings. The summed E-state index contributed by atoms with van der Waals surface area (Å²) in [5, 5.41) is 9.83. The van der Waals surface area contributed by atoms with Crippen molar-refractivity contribution in [1.82, 2.24) is 4.98 Å². The van der Waals surface area contributed by atoms with Crippen molar-refractivity contribution in [3.8, 4) is 45.8 Å². The Morgan fingerprint density at radius 1 is 0.968 bits per heavy atom. The van der Waals surface area contributed by atoms with E-state index in [1.807, 2.05) is 54.6 Å². The number of rotatable bonds is 8. The van der Waals surface area contributed by atoms with Gasteiger partial charge in [-0.2, -0.15) is 5.26 Å². The third-order valence-electron chi connectivity index (χ3n) is 4.52. The fourth-order valence-electron chi connectivity index (χ4n) is 2.97. The van der Waals surface area contributed by atoms with Gasteiger partial charge in [0.05, 0.1) is 26.5 Å². The van der Waals surface area contributed by atoms with Gasteiger partial charge < -0.3 is 18.9 Å². The van der Waals surface area contributed by atoms with Crippen molar-refractivity contribution in [3.05, 3.63) is 60.2 Å². The second-order valence-corrected chi connectivity index (χ2v) is 6.40. The molecule has 7 nitrogen and oxygen atoms in total. The lowest BCUT2D eigenvalue weighted by Crippen LogP contribution is -2.16. The molecule has 158 valence electrons.